The van der Waals surface area contributed by atoms with Gasteiger partial charge in [-0.1, -0.05) is 45.9 Å². The summed E-state index contributed by atoms with van der Waals surface area (Å²) in [5.41, 5.74) is 0.910. The number of nitrogens with zero attached hydrogens (tertiary/aromatic N) is 1. The zero-order chi connectivity index (χ0) is 12.6. The molecule has 1 aromatic rings. The summed E-state index contributed by atoms with van der Waals surface area (Å²) >= 11 is 3.31. The average molecular weight is 386 g/mol. The molecule has 5 heteroatoms. The maximum atomic E-state index is 13.8. The van der Waals surface area contributed by atoms with E-state index in [1.165, 1.54) is 11.0 Å². The second-order valence-corrected chi connectivity index (χ2v) is 4.98. The predicted molar refractivity (Wildman–Crippen MR) is 67.3 cm³/mol. The Morgan fingerprint density at radius 2 is 2.17 bits per heavy atom. The van der Waals surface area contributed by atoms with Crippen molar-refractivity contribution in [3.05, 3.63) is 40.1 Å². The number of carbonyl (C=O) groups excluding carboxylic acids is 1. The van der Waals surface area contributed by atoms with Gasteiger partial charge in [0.15, 0.2) is 0 Å². The molecule has 2 rings (SSSR count). The second kappa shape index (κ2) is 6.40. The van der Waals surface area contributed by atoms with E-state index in [0.29, 0.717) is 22.2 Å². The van der Waals surface area contributed by atoms with E-state index in [1.54, 1.807) is 19.2 Å². The van der Waals surface area contributed by atoms with Crippen molar-refractivity contribution in [1.82, 2.24) is 4.90 Å². The molecule has 1 atom stereocenters. The van der Waals surface area contributed by atoms with Gasteiger partial charge in [-0.25, -0.2) is 10.5 Å². The normalized spacial score (nSPS) is 19.3. The van der Waals surface area contributed by atoms with Crippen molar-refractivity contribution in [3.8, 4) is 0 Å². The zero-order valence-corrected chi connectivity index (χ0v) is 14.6. The van der Waals surface area contributed by atoms with E-state index in [1.807, 2.05) is 6.92 Å². The van der Waals surface area contributed by atoms with Crippen LogP contribution in [0.1, 0.15) is 18.9 Å². The number of amides is 1. The van der Waals surface area contributed by atoms with Gasteiger partial charge in [-0.15, -0.1) is 11.3 Å². The molecule has 1 aliphatic rings. The third kappa shape index (κ3) is 2.92. The van der Waals surface area contributed by atoms with Gasteiger partial charge in [-0.05, 0) is 6.07 Å². The van der Waals surface area contributed by atoms with E-state index in [-0.39, 0.29) is 50.4 Å². The molecule has 1 aromatic carbocycles. The molecule has 1 aliphatic heterocycles. The molecule has 1 amide bonds. The van der Waals surface area contributed by atoms with Crippen LogP contribution in [0.25, 0.3) is 5.70 Å². The number of carbonyl (C=O) groups is 1. The summed E-state index contributed by atoms with van der Waals surface area (Å²) < 4.78 is 14.4. The fourth-order valence-electron chi connectivity index (χ4n) is 1.88. The van der Waals surface area contributed by atoms with Gasteiger partial charge in [0.1, 0.15) is 0 Å². The number of hydrogen-bond donors (Lipinski definition) is 0. The van der Waals surface area contributed by atoms with Crippen LogP contribution in [0.4, 0.5) is 4.39 Å². The Balaban J connectivity index is 0.00000162. The first-order valence-electron chi connectivity index (χ1n) is 5.35. The van der Waals surface area contributed by atoms with Crippen LogP contribution in [0.15, 0.2) is 22.7 Å². The van der Waals surface area contributed by atoms with Crippen molar-refractivity contribution in [2.45, 2.75) is 13.3 Å². The van der Waals surface area contributed by atoms with Crippen LogP contribution in [0.5, 0.6) is 0 Å². The first-order chi connectivity index (χ1) is 8.02. The SMILES string of the molecule is CC1C[C-]=C(c2c(F)cccc2Br)N(C)C1=O.[Y]. The molecule has 18 heavy (non-hydrogen) atoms. The summed E-state index contributed by atoms with van der Waals surface area (Å²) in [7, 11) is 1.65. The van der Waals surface area contributed by atoms with Crippen molar-refractivity contribution in [3.63, 3.8) is 0 Å². The van der Waals surface area contributed by atoms with Crippen LogP contribution < -0.4 is 0 Å². The van der Waals surface area contributed by atoms with Crippen molar-refractivity contribution >= 4 is 27.5 Å². The number of allylic oxidation sites excluding steroid dienone is 1. The van der Waals surface area contributed by atoms with Gasteiger partial charge in [-0.3, -0.25) is 4.79 Å². The Morgan fingerprint density at radius 1 is 1.50 bits per heavy atom. The summed E-state index contributed by atoms with van der Waals surface area (Å²) in [6.45, 7) is 1.85. The van der Waals surface area contributed by atoms with Crippen LogP contribution >= 0.6 is 15.9 Å². The summed E-state index contributed by atoms with van der Waals surface area (Å²) in [4.78, 5) is 13.3. The molecular weight excluding hydrogens is 374 g/mol. The smallest absolute Gasteiger partial charge is 0.225 e. The Labute approximate surface area is 140 Å². The number of halogens is 2. The van der Waals surface area contributed by atoms with Gasteiger partial charge in [0.25, 0.3) is 0 Å². The van der Waals surface area contributed by atoms with Crippen molar-refractivity contribution in [1.29, 1.82) is 0 Å². The van der Waals surface area contributed by atoms with Crippen LogP contribution in [0.3, 0.4) is 0 Å². The van der Waals surface area contributed by atoms with Crippen molar-refractivity contribution < 1.29 is 41.9 Å². The zero-order valence-electron chi connectivity index (χ0n) is 10.2. The second-order valence-electron chi connectivity index (χ2n) is 4.12. The first kappa shape index (κ1) is 16.0. The van der Waals surface area contributed by atoms with E-state index in [2.05, 4.69) is 22.0 Å². The number of benzene rings is 1. The van der Waals surface area contributed by atoms with E-state index in [9.17, 15) is 9.18 Å². The summed E-state index contributed by atoms with van der Waals surface area (Å²) in [5, 5.41) is 0. The molecular formula is C13H12BrFNOY-. The molecule has 1 unspecified atom stereocenters. The van der Waals surface area contributed by atoms with Crippen LogP contribution in [-0.2, 0) is 37.5 Å². The minimum Gasteiger partial charge on any atom is -0.350 e. The van der Waals surface area contributed by atoms with E-state index in [4.69, 9.17) is 0 Å². The topological polar surface area (TPSA) is 20.3 Å². The summed E-state index contributed by atoms with van der Waals surface area (Å²) in [6, 6.07) is 4.76. The van der Waals surface area contributed by atoms with Gasteiger partial charge < -0.3 is 4.90 Å². The van der Waals surface area contributed by atoms with Crippen LogP contribution in [0, 0.1) is 17.8 Å². The molecule has 0 N–H and O–H groups in total. The largest absolute Gasteiger partial charge is 0.350 e. The predicted octanol–water partition coefficient (Wildman–Crippen LogP) is 3.23. The van der Waals surface area contributed by atoms with Gasteiger partial charge in [0.05, 0.1) is 5.82 Å². The molecule has 0 fully saturated rings. The molecule has 0 saturated heterocycles. The van der Waals surface area contributed by atoms with E-state index in [0.717, 1.165) is 0 Å². The molecule has 1 heterocycles. The van der Waals surface area contributed by atoms with E-state index >= 15 is 0 Å². The fraction of sp³-hybridized carbons (Fsp3) is 0.308. The number of hydrogen-bond acceptors (Lipinski definition) is 1. The first-order valence-corrected chi connectivity index (χ1v) is 6.14. The minimum absolute atomic E-state index is 0. The monoisotopic (exact) mass is 385 g/mol. The third-order valence-corrected chi connectivity index (χ3v) is 3.52. The summed E-state index contributed by atoms with van der Waals surface area (Å²) in [6.07, 6.45) is 3.63. The van der Waals surface area contributed by atoms with Crippen molar-refractivity contribution in [2.75, 3.05) is 7.05 Å². The Morgan fingerprint density at radius 3 is 2.78 bits per heavy atom. The molecule has 1 radical (unpaired) electrons. The summed E-state index contributed by atoms with van der Waals surface area (Å²) in [5.74, 6) is -0.445. The Kier molecular flexibility index (Phi) is 5.69. The van der Waals surface area contributed by atoms with Gasteiger partial charge in [-0.2, -0.15) is 0 Å². The van der Waals surface area contributed by atoms with E-state index < -0.39 is 0 Å². The maximum absolute atomic E-state index is 13.8. The molecule has 0 spiro atoms. The Hall–Kier alpha value is -0.0561. The van der Waals surface area contributed by atoms with Crippen LogP contribution in [0.2, 0.25) is 0 Å². The minimum atomic E-state index is -0.351. The molecule has 0 bridgehead atoms. The molecule has 93 valence electrons. The van der Waals surface area contributed by atoms with Gasteiger partial charge >= 0.3 is 0 Å². The van der Waals surface area contributed by atoms with Gasteiger partial charge in [0.2, 0.25) is 5.91 Å². The molecule has 2 nitrogen and oxygen atoms in total. The average Bonchev–Trinajstić information content (AvgIpc) is 2.29. The standard InChI is InChI=1S/C13H12BrFNO.Y/c1-8-6-7-11(16(2)13(8)17)12-9(14)4-3-5-10(12)15;/h3-5,8H,6H2,1-2H3;/q-1;. The van der Waals surface area contributed by atoms with Crippen LogP contribution in [-0.4, -0.2) is 17.9 Å². The Bertz CT molecular complexity index is 484. The molecule has 0 aliphatic carbocycles. The maximum Gasteiger partial charge on any atom is 0.225 e. The van der Waals surface area contributed by atoms with Gasteiger partial charge in [0, 0.05) is 45.7 Å². The quantitative estimate of drug-likeness (QED) is 0.679. The molecule has 0 saturated carbocycles. The molecule has 0 aromatic heterocycles. The number of rotatable bonds is 1. The van der Waals surface area contributed by atoms with Crippen molar-refractivity contribution in [2.24, 2.45) is 5.92 Å². The third-order valence-electron chi connectivity index (χ3n) is 2.86. The fourth-order valence-corrected chi connectivity index (χ4v) is 2.41.